The third-order valence-corrected chi connectivity index (χ3v) is 3.18. The van der Waals surface area contributed by atoms with Gasteiger partial charge in [-0.3, -0.25) is 4.90 Å². The van der Waals surface area contributed by atoms with Crippen LogP contribution in [0.2, 0.25) is 0 Å². The third-order valence-electron chi connectivity index (χ3n) is 3.18. The first kappa shape index (κ1) is 11.2. The van der Waals surface area contributed by atoms with Gasteiger partial charge in [-0.15, -0.1) is 0 Å². The summed E-state index contributed by atoms with van der Waals surface area (Å²) in [6.07, 6.45) is 4.27. The van der Waals surface area contributed by atoms with Gasteiger partial charge in [0.1, 0.15) is 5.75 Å². The number of methoxy groups -OCH3 is 2. The fourth-order valence-electron chi connectivity index (χ4n) is 2.27. The molecule has 1 aliphatic rings. The molecular formula is C12H18N2O2. The van der Waals surface area contributed by atoms with Gasteiger partial charge in [0, 0.05) is 23.9 Å². The molecule has 1 aromatic rings. The number of rotatable bonds is 3. The average molecular weight is 222 g/mol. The van der Waals surface area contributed by atoms with Crippen LogP contribution in [0, 0.1) is 0 Å². The number of likely N-dealkylation sites (tertiary alicyclic amines) is 1. The van der Waals surface area contributed by atoms with Gasteiger partial charge in [-0.2, -0.15) is 0 Å². The largest absolute Gasteiger partial charge is 0.496 e. The van der Waals surface area contributed by atoms with Gasteiger partial charge in [-0.1, -0.05) is 0 Å². The number of hydrogen-bond donors (Lipinski definition) is 0. The lowest BCUT2D eigenvalue weighted by Crippen LogP contribution is -2.18. The maximum Gasteiger partial charge on any atom is 0.216 e. The molecule has 0 spiro atoms. The van der Waals surface area contributed by atoms with Gasteiger partial charge in [0.15, 0.2) is 0 Å². The second-order valence-corrected chi connectivity index (χ2v) is 4.11. The number of hydrogen-bond acceptors (Lipinski definition) is 4. The lowest BCUT2D eigenvalue weighted by atomic mass is 10.1. The van der Waals surface area contributed by atoms with Gasteiger partial charge in [0.25, 0.3) is 0 Å². The van der Waals surface area contributed by atoms with Crippen LogP contribution in [0.15, 0.2) is 12.3 Å². The van der Waals surface area contributed by atoms with E-state index in [-0.39, 0.29) is 0 Å². The Hall–Kier alpha value is -1.29. The van der Waals surface area contributed by atoms with Crippen LogP contribution in [-0.2, 0) is 0 Å². The molecule has 0 aromatic carbocycles. The summed E-state index contributed by atoms with van der Waals surface area (Å²) < 4.78 is 10.5. The van der Waals surface area contributed by atoms with Crippen LogP contribution in [0.25, 0.3) is 0 Å². The minimum absolute atomic E-state index is 0.424. The smallest absolute Gasteiger partial charge is 0.216 e. The molecule has 0 saturated carbocycles. The van der Waals surface area contributed by atoms with Crippen molar-refractivity contribution in [2.45, 2.75) is 18.9 Å². The highest BCUT2D eigenvalue weighted by atomic mass is 16.5. The van der Waals surface area contributed by atoms with Crippen LogP contribution in [0.3, 0.4) is 0 Å². The highest BCUT2D eigenvalue weighted by Crippen LogP contribution is 2.36. The van der Waals surface area contributed by atoms with Crippen molar-refractivity contribution in [2.24, 2.45) is 0 Å². The SMILES string of the molecule is COc1cc(OC)c([C@@H]2CCCN2C)cn1. The monoisotopic (exact) mass is 222 g/mol. The Labute approximate surface area is 96.2 Å². The summed E-state index contributed by atoms with van der Waals surface area (Å²) in [4.78, 5) is 6.60. The van der Waals surface area contributed by atoms with E-state index in [1.165, 1.54) is 12.8 Å². The van der Waals surface area contributed by atoms with Crippen LogP contribution in [0.4, 0.5) is 0 Å². The van der Waals surface area contributed by atoms with Gasteiger partial charge in [-0.05, 0) is 26.4 Å². The fourth-order valence-corrected chi connectivity index (χ4v) is 2.27. The minimum Gasteiger partial charge on any atom is -0.496 e. The van der Waals surface area contributed by atoms with E-state index in [2.05, 4.69) is 16.9 Å². The molecule has 0 unspecified atom stereocenters. The van der Waals surface area contributed by atoms with E-state index in [9.17, 15) is 0 Å². The van der Waals surface area contributed by atoms with Crippen molar-refractivity contribution < 1.29 is 9.47 Å². The van der Waals surface area contributed by atoms with E-state index in [0.29, 0.717) is 11.9 Å². The predicted molar refractivity (Wildman–Crippen MR) is 61.9 cm³/mol. The van der Waals surface area contributed by atoms with Gasteiger partial charge in [0.2, 0.25) is 5.88 Å². The molecular weight excluding hydrogens is 204 g/mol. The molecule has 0 aliphatic carbocycles. The first-order valence-corrected chi connectivity index (χ1v) is 5.54. The molecule has 2 rings (SSSR count). The van der Waals surface area contributed by atoms with E-state index in [4.69, 9.17) is 9.47 Å². The number of pyridine rings is 1. The van der Waals surface area contributed by atoms with Crippen molar-refractivity contribution in [3.05, 3.63) is 17.8 Å². The zero-order valence-corrected chi connectivity index (χ0v) is 10.1. The molecule has 2 heterocycles. The summed E-state index contributed by atoms with van der Waals surface area (Å²) in [6, 6.07) is 2.27. The van der Waals surface area contributed by atoms with Gasteiger partial charge in [0.05, 0.1) is 14.2 Å². The lowest BCUT2D eigenvalue weighted by Gasteiger charge is -2.21. The first-order chi connectivity index (χ1) is 7.76. The molecule has 1 atom stereocenters. The molecule has 1 fully saturated rings. The Balaban J connectivity index is 2.32. The Morgan fingerprint density at radius 2 is 2.19 bits per heavy atom. The molecule has 1 aromatic heterocycles. The van der Waals surface area contributed by atoms with E-state index in [0.717, 1.165) is 17.9 Å². The predicted octanol–water partition coefficient (Wildman–Crippen LogP) is 1.87. The number of ether oxygens (including phenoxy) is 2. The zero-order valence-electron chi connectivity index (χ0n) is 10.1. The molecule has 0 radical (unpaired) electrons. The molecule has 1 saturated heterocycles. The molecule has 0 amide bonds. The molecule has 0 bridgehead atoms. The van der Waals surface area contributed by atoms with Crippen molar-refractivity contribution in [1.29, 1.82) is 0 Å². The summed E-state index contributed by atoms with van der Waals surface area (Å²) in [5.41, 5.74) is 1.16. The maximum atomic E-state index is 5.40. The molecule has 0 N–H and O–H groups in total. The van der Waals surface area contributed by atoms with Crippen LogP contribution in [-0.4, -0.2) is 37.7 Å². The van der Waals surface area contributed by atoms with E-state index in [1.54, 1.807) is 14.2 Å². The fraction of sp³-hybridized carbons (Fsp3) is 0.583. The van der Waals surface area contributed by atoms with Gasteiger partial charge >= 0.3 is 0 Å². The van der Waals surface area contributed by atoms with E-state index in [1.807, 2.05) is 12.3 Å². The van der Waals surface area contributed by atoms with Crippen LogP contribution in [0.5, 0.6) is 11.6 Å². The van der Waals surface area contributed by atoms with E-state index < -0.39 is 0 Å². The van der Waals surface area contributed by atoms with Gasteiger partial charge in [-0.25, -0.2) is 4.98 Å². The molecule has 4 nitrogen and oxygen atoms in total. The van der Waals surface area contributed by atoms with E-state index >= 15 is 0 Å². The summed E-state index contributed by atoms with van der Waals surface area (Å²) in [5, 5.41) is 0. The van der Waals surface area contributed by atoms with Crippen molar-refractivity contribution in [3.63, 3.8) is 0 Å². The first-order valence-electron chi connectivity index (χ1n) is 5.54. The zero-order chi connectivity index (χ0) is 11.5. The summed E-state index contributed by atoms with van der Waals surface area (Å²) in [6.45, 7) is 1.14. The quantitative estimate of drug-likeness (QED) is 0.782. The van der Waals surface area contributed by atoms with Crippen molar-refractivity contribution in [1.82, 2.24) is 9.88 Å². The van der Waals surface area contributed by atoms with Crippen molar-refractivity contribution in [3.8, 4) is 11.6 Å². The van der Waals surface area contributed by atoms with Gasteiger partial charge < -0.3 is 9.47 Å². The minimum atomic E-state index is 0.424. The normalized spacial score (nSPS) is 21.1. The average Bonchev–Trinajstić information content (AvgIpc) is 2.74. The summed E-state index contributed by atoms with van der Waals surface area (Å²) >= 11 is 0. The second kappa shape index (κ2) is 4.70. The summed E-state index contributed by atoms with van der Waals surface area (Å²) in [7, 11) is 5.44. The molecule has 1 aliphatic heterocycles. The highest BCUT2D eigenvalue weighted by molar-refractivity contribution is 5.38. The number of aromatic nitrogens is 1. The standard InChI is InChI=1S/C12H18N2O2/c1-14-6-4-5-10(14)9-8-13-12(16-3)7-11(9)15-2/h7-8,10H,4-6H2,1-3H3/t10-/m0/s1. The van der Waals surface area contributed by atoms with Crippen LogP contribution < -0.4 is 9.47 Å². The van der Waals surface area contributed by atoms with Crippen molar-refractivity contribution >= 4 is 0 Å². The highest BCUT2D eigenvalue weighted by Gasteiger charge is 2.25. The molecule has 16 heavy (non-hydrogen) atoms. The molecule has 4 heteroatoms. The Kier molecular flexibility index (Phi) is 3.29. The number of nitrogens with zero attached hydrogens (tertiary/aromatic N) is 2. The Morgan fingerprint density at radius 3 is 2.75 bits per heavy atom. The Bertz CT molecular complexity index is 368. The topological polar surface area (TPSA) is 34.6 Å². The maximum absolute atomic E-state index is 5.40. The van der Waals surface area contributed by atoms with Crippen LogP contribution >= 0.6 is 0 Å². The summed E-state index contributed by atoms with van der Waals surface area (Å²) in [5.74, 6) is 1.46. The third kappa shape index (κ3) is 1.97. The van der Waals surface area contributed by atoms with Crippen LogP contribution in [0.1, 0.15) is 24.4 Å². The Morgan fingerprint density at radius 1 is 1.38 bits per heavy atom. The molecule has 88 valence electrons. The van der Waals surface area contributed by atoms with Crippen molar-refractivity contribution in [2.75, 3.05) is 27.8 Å². The second-order valence-electron chi connectivity index (χ2n) is 4.11. The lowest BCUT2D eigenvalue weighted by molar-refractivity contribution is 0.303.